The molecule has 0 spiro atoms. The van der Waals surface area contributed by atoms with Gasteiger partial charge in [0.05, 0.1) is 0 Å². The lowest BCUT2D eigenvalue weighted by molar-refractivity contribution is 0.372. The van der Waals surface area contributed by atoms with Gasteiger partial charge in [-0.25, -0.2) is 4.67 Å². The molecule has 0 aliphatic heterocycles. The van der Waals surface area contributed by atoms with Crippen molar-refractivity contribution in [1.82, 2.24) is 4.67 Å². The third-order valence-electron chi connectivity index (χ3n) is 2.96. The molecule has 0 saturated heterocycles. The summed E-state index contributed by atoms with van der Waals surface area (Å²) >= 11 is 6.86. The maximum atomic E-state index is 6.08. The van der Waals surface area contributed by atoms with Crippen LogP contribution < -0.4 is 9.05 Å². The van der Waals surface area contributed by atoms with Crippen molar-refractivity contribution in [2.75, 3.05) is 13.1 Å². The molecule has 0 amide bonds. The van der Waals surface area contributed by atoms with Crippen LogP contribution in [0.4, 0.5) is 0 Å². The van der Waals surface area contributed by atoms with Crippen LogP contribution in [0.15, 0.2) is 57.5 Å². The van der Waals surface area contributed by atoms with Gasteiger partial charge in [-0.05, 0) is 48.5 Å². The molecule has 0 unspecified atom stereocenters. The Hall–Kier alpha value is -0.610. The van der Waals surface area contributed by atoms with Crippen molar-refractivity contribution in [1.29, 1.82) is 0 Å². The summed E-state index contributed by atoms with van der Waals surface area (Å²) in [4.78, 5) is 0. The average molecular weight is 447 g/mol. The molecule has 0 atom stereocenters. The summed E-state index contributed by atoms with van der Waals surface area (Å²) in [5.74, 6) is 1.61. The Morgan fingerprint density at radius 3 is 1.45 bits per heavy atom. The zero-order valence-electron chi connectivity index (χ0n) is 12.5. The van der Waals surface area contributed by atoms with Gasteiger partial charge in [0.15, 0.2) is 0 Å². The van der Waals surface area contributed by atoms with Crippen LogP contribution in [-0.4, -0.2) is 17.8 Å². The van der Waals surface area contributed by atoms with Crippen LogP contribution in [0.25, 0.3) is 0 Å². The standard InChI is InChI=1S/C16H18Br2NO2P/c1-3-19(4-2)22(20-15-9-5-13(17)6-10-15)21-16-11-7-14(18)8-12-16/h5-12H,3-4H2,1-2H3. The molecule has 0 saturated carbocycles. The van der Waals surface area contributed by atoms with Crippen LogP contribution in [0.3, 0.4) is 0 Å². The molecule has 6 heteroatoms. The maximum Gasteiger partial charge on any atom is 0.384 e. The van der Waals surface area contributed by atoms with Gasteiger partial charge in [0.2, 0.25) is 0 Å². The highest BCUT2D eigenvalue weighted by Gasteiger charge is 2.22. The van der Waals surface area contributed by atoms with E-state index in [-0.39, 0.29) is 0 Å². The van der Waals surface area contributed by atoms with E-state index in [1.165, 1.54) is 0 Å². The van der Waals surface area contributed by atoms with Gasteiger partial charge in [0, 0.05) is 22.0 Å². The number of nitrogens with zero attached hydrogens (tertiary/aromatic N) is 1. The van der Waals surface area contributed by atoms with Crippen LogP contribution in [0.1, 0.15) is 13.8 Å². The summed E-state index contributed by atoms with van der Waals surface area (Å²) in [7, 11) is -1.19. The van der Waals surface area contributed by atoms with Gasteiger partial charge >= 0.3 is 8.53 Å². The third kappa shape index (κ3) is 5.24. The quantitative estimate of drug-likeness (QED) is 0.470. The van der Waals surface area contributed by atoms with E-state index >= 15 is 0 Å². The van der Waals surface area contributed by atoms with E-state index < -0.39 is 8.53 Å². The summed E-state index contributed by atoms with van der Waals surface area (Å²) in [5.41, 5.74) is 0. The molecular weight excluding hydrogens is 429 g/mol. The van der Waals surface area contributed by atoms with Gasteiger partial charge in [0.1, 0.15) is 11.5 Å². The van der Waals surface area contributed by atoms with E-state index in [0.29, 0.717) is 0 Å². The van der Waals surface area contributed by atoms with Crippen LogP contribution >= 0.6 is 40.4 Å². The smallest absolute Gasteiger partial charge is 0.384 e. The molecule has 2 aromatic carbocycles. The molecule has 0 bridgehead atoms. The predicted molar refractivity (Wildman–Crippen MR) is 99.4 cm³/mol. The number of rotatable bonds is 7. The molecule has 0 aliphatic carbocycles. The topological polar surface area (TPSA) is 21.7 Å². The van der Waals surface area contributed by atoms with E-state index in [2.05, 4.69) is 50.4 Å². The molecule has 118 valence electrons. The molecule has 0 aliphatic rings. The van der Waals surface area contributed by atoms with E-state index in [1.807, 2.05) is 48.5 Å². The van der Waals surface area contributed by atoms with Crippen molar-refractivity contribution in [3.63, 3.8) is 0 Å². The summed E-state index contributed by atoms with van der Waals surface area (Å²) in [6, 6.07) is 15.6. The number of halogens is 2. The highest BCUT2D eigenvalue weighted by atomic mass is 79.9. The average Bonchev–Trinajstić information content (AvgIpc) is 2.53. The molecular formula is C16H18Br2NO2P. The first-order valence-electron chi connectivity index (χ1n) is 7.04. The van der Waals surface area contributed by atoms with Crippen LogP contribution in [-0.2, 0) is 0 Å². The highest BCUT2D eigenvalue weighted by molar-refractivity contribution is 9.10. The van der Waals surface area contributed by atoms with Crippen molar-refractivity contribution >= 4 is 40.4 Å². The van der Waals surface area contributed by atoms with Crippen LogP contribution in [0, 0.1) is 0 Å². The summed E-state index contributed by atoms with van der Waals surface area (Å²) in [6.45, 7) is 5.95. The molecule has 0 fully saturated rings. The highest BCUT2D eigenvalue weighted by Crippen LogP contribution is 2.43. The Morgan fingerprint density at radius 1 is 0.773 bits per heavy atom. The van der Waals surface area contributed by atoms with Crippen molar-refractivity contribution in [2.45, 2.75) is 13.8 Å². The van der Waals surface area contributed by atoms with E-state index in [4.69, 9.17) is 9.05 Å². The lowest BCUT2D eigenvalue weighted by Crippen LogP contribution is -2.22. The Kier molecular flexibility index (Phi) is 7.16. The first-order valence-corrected chi connectivity index (χ1v) is 9.76. The monoisotopic (exact) mass is 445 g/mol. The lowest BCUT2D eigenvalue weighted by atomic mass is 10.3. The van der Waals surface area contributed by atoms with Crippen molar-refractivity contribution in [3.05, 3.63) is 57.5 Å². The maximum absolute atomic E-state index is 6.08. The third-order valence-corrected chi connectivity index (χ3v) is 5.77. The first-order chi connectivity index (χ1) is 10.6. The second kappa shape index (κ2) is 8.88. The van der Waals surface area contributed by atoms with Gasteiger partial charge in [-0.3, -0.25) is 0 Å². The summed E-state index contributed by atoms with van der Waals surface area (Å²) in [5, 5.41) is 0. The minimum atomic E-state index is -1.19. The number of hydrogen-bond donors (Lipinski definition) is 0. The Morgan fingerprint density at radius 2 is 1.14 bits per heavy atom. The minimum Gasteiger partial charge on any atom is -0.427 e. The van der Waals surface area contributed by atoms with E-state index in [0.717, 1.165) is 33.5 Å². The summed E-state index contributed by atoms with van der Waals surface area (Å²) in [6.07, 6.45) is 0. The molecule has 0 N–H and O–H groups in total. The fourth-order valence-corrected chi connectivity index (χ4v) is 3.62. The second-order valence-corrected chi connectivity index (χ2v) is 7.71. The Bertz CT molecular complexity index is 526. The molecule has 0 radical (unpaired) electrons. The number of benzene rings is 2. The summed E-state index contributed by atoms with van der Waals surface area (Å²) < 4.78 is 16.4. The number of hydrogen-bond acceptors (Lipinski definition) is 3. The van der Waals surface area contributed by atoms with Crippen LogP contribution in [0.5, 0.6) is 11.5 Å². The SMILES string of the molecule is CCN(CC)P(Oc1ccc(Br)cc1)Oc1ccc(Br)cc1. The van der Waals surface area contributed by atoms with Gasteiger partial charge in [-0.2, -0.15) is 0 Å². The largest absolute Gasteiger partial charge is 0.427 e. The molecule has 2 aromatic rings. The second-order valence-electron chi connectivity index (χ2n) is 4.47. The van der Waals surface area contributed by atoms with E-state index in [9.17, 15) is 0 Å². The van der Waals surface area contributed by atoms with Gasteiger partial charge in [0.25, 0.3) is 0 Å². The zero-order valence-corrected chi connectivity index (χ0v) is 16.6. The van der Waals surface area contributed by atoms with Crippen LogP contribution in [0.2, 0.25) is 0 Å². The molecule has 2 rings (SSSR count). The fraction of sp³-hybridized carbons (Fsp3) is 0.250. The molecule has 0 heterocycles. The van der Waals surface area contributed by atoms with Gasteiger partial charge < -0.3 is 9.05 Å². The molecule has 3 nitrogen and oxygen atoms in total. The lowest BCUT2D eigenvalue weighted by Gasteiger charge is -2.27. The molecule has 0 aromatic heterocycles. The zero-order chi connectivity index (χ0) is 15.9. The first kappa shape index (κ1) is 17.7. The molecule has 22 heavy (non-hydrogen) atoms. The van der Waals surface area contributed by atoms with Crippen molar-refractivity contribution in [3.8, 4) is 11.5 Å². The van der Waals surface area contributed by atoms with Crippen molar-refractivity contribution in [2.24, 2.45) is 0 Å². The normalized spacial score (nSPS) is 11.0. The fourth-order valence-electron chi connectivity index (χ4n) is 1.76. The Balaban J connectivity index is 2.14. The van der Waals surface area contributed by atoms with Gasteiger partial charge in [-0.15, -0.1) is 0 Å². The van der Waals surface area contributed by atoms with E-state index in [1.54, 1.807) is 0 Å². The Labute approximate surface area is 149 Å². The predicted octanol–water partition coefficient (Wildman–Crippen LogP) is 6.24. The van der Waals surface area contributed by atoms with Gasteiger partial charge in [-0.1, -0.05) is 45.7 Å². The van der Waals surface area contributed by atoms with Crippen molar-refractivity contribution < 1.29 is 9.05 Å². The minimum absolute atomic E-state index is 0.804.